The van der Waals surface area contributed by atoms with E-state index in [1.54, 1.807) is 0 Å². The molecule has 0 bridgehead atoms. The summed E-state index contributed by atoms with van der Waals surface area (Å²) >= 11 is 1.86. The molecule has 0 N–H and O–H groups in total. The largest absolute Gasteiger partial charge is 0.360 e. The highest BCUT2D eigenvalue weighted by molar-refractivity contribution is 8.93. The molecule has 0 saturated heterocycles. The third-order valence-corrected chi connectivity index (χ3v) is 4.97. The maximum Gasteiger partial charge on any atom is 0.360 e. The Bertz CT molecular complexity index is 791. The Morgan fingerprint density at radius 3 is 2.22 bits per heavy atom. The summed E-state index contributed by atoms with van der Waals surface area (Å²) in [5.41, 5.74) is 4.75. The summed E-state index contributed by atoms with van der Waals surface area (Å²) in [4.78, 5) is 4.90. The topological polar surface area (TPSA) is 16.8 Å². The van der Waals surface area contributed by atoms with Crippen LogP contribution in [0.15, 0.2) is 71.9 Å². The quantitative estimate of drug-likeness (QED) is 0.466. The highest BCUT2D eigenvalue weighted by Gasteiger charge is 2.25. The number of rotatable bonds is 2. The van der Waals surface area contributed by atoms with Gasteiger partial charge in [0.25, 0.3) is 0 Å². The van der Waals surface area contributed by atoms with Gasteiger partial charge in [0.15, 0.2) is 5.69 Å². The van der Waals surface area contributed by atoms with Crippen LogP contribution >= 0.6 is 28.7 Å². The van der Waals surface area contributed by atoms with Gasteiger partial charge in [-0.2, -0.15) is 0 Å². The molecule has 0 aliphatic carbocycles. The van der Waals surface area contributed by atoms with Gasteiger partial charge in [-0.1, -0.05) is 60.7 Å². The average molecular weight is 386 g/mol. The molecule has 0 saturated carbocycles. The van der Waals surface area contributed by atoms with E-state index in [9.17, 15) is 0 Å². The zero-order valence-electron chi connectivity index (χ0n) is 12.7. The van der Waals surface area contributed by atoms with E-state index in [1.165, 1.54) is 23.2 Å². The smallest absolute Gasteiger partial charge is 0.217 e. The third kappa shape index (κ3) is 3.33. The minimum Gasteiger partial charge on any atom is -0.217 e. The standard InChI is InChI=1S/C19H17N2S.BrH/c1-3-8-15(9-4-1)17-14-18(16-10-5-2-6-11-16)21-12-7-13-22-19(21)20-17;/h1-6,8-11,14H,7,12-13H2;1H/q+1;. The summed E-state index contributed by atoms with van der Waals surface area (Å²) in [6, 6.07) is 23.3. The lowest BCUT2D eigenvalue weighted by molar-refractivity contribution is -0.728. The molecular formula is C19H18BrN2S+. The number of hydrogen-bond acceptors (Lipinski definition) is 2. The van der Waals surface area contributed by atoms with E-state index in [4.69, 9.17) is 4.98 Å². The molecule has 0 spiro atoms. The number of fused-ring (bicyclic) bond motifs is 1. The van der Waals surface area contributed by atoms with Crippen LogP contribution < -0.4 is 4.57 Å². The summed E-state index contributed by atoms with van der Waals surface area (Å²) in [7, 11) is 0. The lowest BCUT2D eigenvalue weighted by atomic mass is 10.1. The summed E-state index contributed by atoms with van der Waals surface area (Å²) in [5, 5.41) is 1.13. The Morgan fingerprint density at radius 2 is 1.52 bits per heavy atom. The molecule has 0 atom stereocenters. The SMILES string of the molecule is Br.c1ccc(-c2cc(-c3ccccc3)[n+]3c(n2)SCCC3)cc1. The number of thioether (sulfide) groups is 1. The third-order valence-electron chi connectivity index (χ3n) is 3.91. The van der Waals surface area contributed by atoms with Gasteiger partial charge in [0.05, 0.1) is 6.54 Å². The Morgan fingerprint density at radius 1 is 0.870 bits per heavy atom. The second-order valence-electron chi connectivity index (χ2n) is 5.39. The highest BCUT2D eigenvalue weighted by Crippen LogP contribution is 2.27. The molecule has 4 heteroatoms. The van der Waals surface area contributed by atoms with E-state index in [-0.39, 0.29) is 17.0 Å². The molecule has 3 aromatic rings. The van der Waals surface area contributed by atoms with Gasteiger partial charge >= 0.3 is 5.16 Å². The predicted molar refractivity (Wildman–Crippen MR) is 101 cm³/mol. The summed E-state index contributed by atoms with van der Waals surface area (Å²) in [6.07, 6.45) is 1.20. The Hall–Kier alpha value is -1.65. The van der Waals surface area contributed by atoms with Crippen molar-refractivity contribution in [3.63, 3.8) is 0 Å². The minimum atomic E-state index is 0. The van der Waals surface area contributed by atoms with Crippen molar-refractivity contribution in [2.75, 3.05) is 5.75 Å². The number of nitrogens with zero attached hydrogens (tertiary/aromatic N) is 2. The van der Waals surface area contributed by atoms with Gasteiger partial charge in [0.2, 0.25) is 0 Å². The predicted octanol–water partition coefficient (Wildman–Crippen LogP) is 4.78. The van der Waals surface area contributed by atoms with Gasteiger partial charge in [0.1, 0.15) is 5.69 Å². The van der Waals surface area contributed by atoms with Crippen molar-refractivity contribution >= 4 is 28.7 Å². The fourth-order valence-electron chi connectivity index (χ4n) is 2.82. The van der Waals surface area contributed by atoms with Crippen LogP contribution in [0.1, 0.15) is 6.42 Å². The molecule has 116 valence electrons. The van der Waals surface area contributed by atoms with Crippen LogP contribution in [-0.2, 0) is 6.54 Å². The fraction of sp³-hybridized carbons (Fsp3) is 0.158. The second-order valence-corrected chi connectivity index (χ2v) is 6.46. The molecule has 0 unspecified atom stereocenters. The summed E-state index contributed by atoms with van der Waals surface area (Å²) < 4.78 is 2.36. The molecular weight excluding hydrogens is 368 g/mol. The first-order valence-electron chi connectivity index (χ1n) is 7.60. The number of hydrogen-bond donors (Lipinski definition) is 0. The first kappa shape index (κ1) is 16.2. The van der Waals surface area contributed by atoms with Crippen molar-refractivity contribution in [2.45, 2.75) is 18.1 Å². The maximum absolute atomic E-state index is 4.90. The van der Waals surface area contributed by atoms with Crippen LogP contribution in [0.5, 0.6) is 0 Å². The van der Waals surface area contributed by atoms with Gasteiger partial charge in [-0.15, -0.1) is 17.0 Å². The van der Waals surface area contributed by atoms with Gasteiger partial charge in [-0.05, 0) is 23.2 Å². The van der Waals surface area contributed by atoms with Crippen molar-refractivity contribution < 1.29 is 4.57 Å². The van der Waals surface area contributed by atoms with E-state index in [2.05, 4.69) is 65.2 Å². The van der Waals surface area contributed by atoms with Crippen LogP contribution in [-0.4, -0.2) is 10.7 Å². The van der Waals surface area contributed by atoms with Crippen LogP contribution in [0.2, 0.25) is 0 Å². The molecule has 2 nitrogen and oxygen atoms in total. The van der Waals surface area contributed by atoms with Crippen molar-refractivity contribution in [2.24, 2.45) is 0 Å². The van der Waals surface area contributed by atoms with Crippen molar-refractivity contribution in [3.05, 3.63) is 66.7 Å². The molecule has 1 aliphatic heterocycles. The Kier molecular flexibility index (Phi) is 5.13. The van der Waals surface area contributed by atoms with Gasteiger partial charge in [-0.3, -0.25) is 0 Å². The van der Waals surface area contributed by atoms with Gasteiger partial charge < -0.3 is 0 Å². The molecule has 0 fully saturated rings. The lowest BCUT2D eigenvalue weighted by Gasteiger charge is -2.14. The minimum absolute atomic E-state index is 0. The molecule has 0 amide bonds. The average Bonchev–Trinajstić information content (AvgIpc) is 2.62. The van der Waals surface area contributed by atoms with Crippen molar-refractivity contribution in [1.82, 2.24) is 4.98 Å². The van der Waals surface area contributed by atoms with Crippen molar-refractivity contribution in [3.8, 4) is 22.5 Å². The van der Waals surface area contributed by atoms with E-state index >= 15 is 0 Å². The Labute approximate surface area is 151 Å². The molecule has 1 aliphatic rings. The highest BCUT2D eigenvalue weighted by atomic mass is 79.9. The van der Waals surface area contributed by atoms with E-state index in [0.717, 1.165) is 23.1 Å². The van der Waals surface area contributed by atoms with Gasteiger partial charge in [0, 0.05) is 22.9 Å². The molecule has 23 heavy (non-hydrogen) atoms. The van der Waals surface area contributed by atoms with Gasteiger partial charge in [-0.25, -0.2) is 4.57 Å². The fourth-order valence-corrected chi connectivity index (χ4v) is 3.79. The molecule has 0 radical (unpaired) electrons. The zero-order valence-corrected chi connectivity index (χ0v) is 15.2. The van der Waals surface area contributed by atoms with Crippen molar-refractivity contribution in [1.29, 1.82) is 0 Å². The summed E-state index contributed by atoms with van der Waals surface area (Å²) in [6.45, 7) is 1.05. The maximum atomic E-state index is 4.90. The molecule has 1 aromatic heterocycles. The molecule has 4 rings (SSSR count). The van der Waals surface area contributed by atoms with Crippen LogP contribution in [0.25, 0.3) is 22.5 Å². The molecule has 2 aromatic carbocycles. The molecule has 2 heterocycles. The van der Waals surface area contributed by atoms with Crippen LogP contribution in [0.3, 0.4) is 0 Å². The number of benzene rings is 2. The van der Waals surface area contributed by atoms with E-state index in [1.807, 2.05) is 17.8 Å². The number of halogens is 1. The monoisotopic (exact) mass is 385 g/mol. The first-order valence-corrected chi connectivity index (χ1v) is 8.59. The van der Waals surface area contributed by atoms with E-state index < -0.39 is 0 Å². The normalized spacial score (nSPS) is 13.0. The lowest BCUT2D eigenvalue weighted by Crippen LogP contribution is -2.42. The van der Waals surface area contributed by atoms with Crippen LogP contribution in [0.4, 0.5) is 0 Å². The second kappa shape index (κ2) is 7.28. The zero-order chi connectivity index (χ0) is 14.8. The van der Waals surface area contributed by atoms with Crippen LogP contribution in [0, 0.1) is 0 Å². The Balaban J connectivity index is 0.00000156. The summed E-state index contributed by atoms with van der Waals surface area (Å²) in [5.74, 6) is 1.15. The van der Waals surface area contributed by atoms with E-state index in [0.29, 0.717) is 0 Å². The first-order chi connectivity index (χ1) is 10.9. The number of aromatic nitrogens is 2.